The van der Waals surface area contributed by atoms with Crippen molar-refractivity contribution in [3.8, 4) is 0 Å². The van der Waals surface area contributed by atoms with E-state index in [2.05, 4.69) is 0 Å². The Labute approximate surface area is 146 Å². The van der Waals surface area contributed by atoms with Gasteiger partial charge < -0.3 is 18.6 Å². The van der Waals surface area contributed by atoms with Gasteiger partial charge in [-0.2, -0.15) is 0 Å². The molecule has 3 heterocycles. The molecule has 134 valence electrons. The maximum atomic E-state index is 12.7. The van der Waals surface area contributed by atoms with Crippen molar-refractivity contribution in [2.75, 3.05) is 32.7 Å². The highest BCUT2D eigenvalue weighted by molar-refractivity contribution is 5.79. The van der Waals surface area contributed by atoms with E-state index in [0.29, 0.717) is 39.3 Å². The lowest BCUT2D eigenvalue weighted by Crippen LogP contribution is -2.52. The van der Waals surface area contributed by atoms with Crippen molar-refractivity contribution in [3.63, 3.8) is 0 Å². The summed E-state index contributed by atoms with van der Waals surface area (Å²) < 4.78 is 10.8. The van der Waals surface area contributed by atoms with Crippen molar-refractivity contribution < 1.29 is 18.4 Å². The fourth-order valence-electron chi connectivity index (χ4n) is 2.98. The maximum Gasteiger partial charge on any atom is 0.236 e. The van der Waals surface area contributed by atoms with Gasteiger partial charge in [-0.15, -0.1) is 0 Å². The zero-order chi connectivity index (χ0) is 17.6. The summed E-state index contributed by atoms with van der Waals surface area (Å²) in [6.45, 7) is 5.25. The van der Waals surface area contributed by atoms with Gasteiger partial charge in [0.1, 0.15) is 11.5 Å². The first-order valence-corrected chi connectivity index (χ1v) is 8.42. The van der Waals surface area contributed by atoms with E-state index in [1.807, 2.05) is 34.1 Å². The van der Waals surface area contributed by atoms with Gasteiger partial charge in [0.05, 0.1) is 32.2 Å². The number of piperazine rings is 1. The van der Waals surface area contributed by atoms with Crippen LogP contribution < -0.4 is 0 Å². The van der Waals surface area contributed by atoms with Gasteiger partial charge in [0.25, 0.3) is 0 Å². The molecular weight excluding hydrogens is 322 g/mol. The lowest BCUT2D eigenvalue weighted by atomic mass is 10.3. The van der Waals surface area contributed by atoms with Gasteiger partial charge in [0.15, 0.2) is 0 Å². The first-order chi connectivity index (χ1) is 12.1. The van der Waals surface area contributed by atoms with Crippen LogP contribution >= 0.6 is 0 Å². The molecule has 0 bridgehead atoms. The molecule has 1 saturated heterocycles. The smallest absolute Gasteiger partial charge is 0.236 e. The number of carbonyl (C=O) groups excluding carboxylic acids is 2. The quantitative estimate of drug-likeness (QED) is 0.795. The summed E-state index contributed by atoms with van der Waals surface area (Å²) in [4.78, 5) is 29.6. The second-order valence-corrected chi connectivity index (χ2v) is 6.19. The summed E-state index contributed by atoms with van der Waals surface area (Å²) in [6.07, 6.45) is 3.26. The minimum atomic E-state index is 0.0568. The molecule has 1 aliphatic heterocycles. The first kappa shape index (κ1) is 17.3. The third-order valence-corrected chi connectivity index (χ3v) is 4.36. The Hall–Kier alpha value is -2.54. The Morgan fingerprint density at radius 3 is 1.92 bits per heavy atom. The number of carbonyl (C=O) groups is 2. The average molecular weight is 345 g/mol. The van der Waals surface area contributed by atoms with E-state index in [4.69, 9.17) is 8.83 Å². The molecule has 1 fully saturated rings. The van der Waals surface area contributed by atoms with E-state index in [-0.39, 0.29) is 18.4 Å². The molecule has 2 aromatic rings. The van der Waals surface area contributed by atoms with Gasteiger partial charge in [-0.1, -0.05) is 0 Å². The molecular formula is C18H23N3O4. The molecule has 25 heavy (non-hydrogen) atoms. The number of nitrogens with zero attached hydrogens (tertiary/aromatic N) is 3. The highest BCUT2D eigenvalue weighted by Gasteiger charge is 2.24. The zero-order valence-corrected chi connectivity index (χ0v) is 14.4. The van der Waals surface area contributed by atoms with Crippen molar-refractivity contribution in [2.45, 2.75) is 20.0 Å². The van der Waals surface area contributed by atoms with E-state index < -0.39 is 0 Å². The zero-order valence-electron chi connectivity index (χ0n) is 14.4. The van der Waals surface area contributed by atoms with Crippen LogP contribution in [0.5, 0.6) is 0 Å². The monoisotopic (exact) mass is 345 g/mol. The largest absolute Gasteiger partial charge is 0.468 e. The fourth-order valence-corrected chi connectivity index (χ4v) is 2.98. The minimum Gasteiger partial charge on any atom is -0.468 e. The van der Waals surface area contributed by atoms with Crippen LogP contribution in [0.1, 0.15) is 18.4 Å². The Kier molecular flexibility index (Phi) is 5.55. The molecule has 0 atom stereocenters. The molecule has 0 aromatic carbocycles. The fraction of sp³-hybridized carbons (Fsp3) is 0.444. The van der Waals surface area contributed by atoms with Crippen molar-refractivity contribution in [3.05, 3.63) is 48.3 Å². The molecule has 0 radical (unpaired) electrons. The van der Waals surface area contributed by atoms with Crippen molar-refractivity contribution >= 4 is 11.8 Å². The molecule has 0 spiro atoms. The highest BCUT2D eigenvalue weighted by Crippen LogP contribution is 2.12. The number of hydrogen-bond donors (Lipinski definition) is 0. The summed E-state index contributed by atoms with van der Waals surface area (Å²) in [5.74, 6) is 1.73. The van der Waals surface area contributed by atoms with Crippen LogP contribution in [0.2, 0.25) is 0 Å². The van der Waals surface area contributed by atoms with Crippen LogP contribution in [0.4, 0.5) is 0 Å². The van der Waals surface area contributed by atoms with Crippen LogP contribution in [0, 0.1) is 0 Å². The lowest BCUT2D eigenvalue weighted by Gasteiger charge is -2.35. The summed E-state index contributed by atoms with van der Waals surface area (Å²) >= 11 is 0. The lowest BCUT2D eigenvalue weighted by molar-refractivity contribution is -0.139. The van der Waals surface area contributed by atoms with Crippen molar-refractivity contribution in [1.82, 2.24) is 14.7 Å². The van der Waals surface area contributed by atoms with E-state index >= 15 is 0 Å². The Morgan fingerprint density at radius 1 is 0.960 bits per heavy atom. The predicted octanol–water partition coefficient (Wildman–Crippen LogP) is 1.57. The SMILES string of the molecule is CC(=O)N1CCN(C(=O)CN(Cc2ccco2)Cc2ccco2)CC1. The van der Waals surface area contributed by atoms with Gasteiger partial charge in [0.2, 0.25) is 11.8 Å². The summed E-state index contributed by atoms with van der Waals surface area (Å²) in [7, 11) is 0. The summed E-state index contributed by atoms with van der Waals surface area (Å²) in [6, 6.07) is 7.46. The van der Waals surface area contributed by atoms with Gasteiger partial charge in [-0.05, 0) is 24.3 Å². The van der Waals surface area contributed by atoms with E-state index in [1.54, 1.807) is 24.3 Å². The van der Waals surface area contributed by atoms with Gasteiger partial charge in [0, 0.05) is 33.1 Å². The molecule has 2 aromatic heterocycles. The molecule has 7 heteroatoms. The van der Waals surface area contributed by atoms with E-state index in [1.165, 1.54) is 0 Å². The highest BCUT2D eigenvalue weighted by atomic mass is 16.3. The van der Waals surface area contributed by atoms with Crippen LogP contribution in [-0.4, -0.2) is 59.2 Å². The van der Waals surface area contributed by atoms with Crippen LogP contribution in [-0.2, 0) is 22.7 Å². The van der Waals surface area contributed by atoms with Crippen LogP contribution in [0.25, 0.3) is 0 Å². The standard InChI is InChI=1S/C18H23N3O4/c1-15(22)20-6-8-21(9-7-20)18(23)14-19(12-16-4-2-10-24-16)13-17-5-3-11-25-17/h2-5,10-11H,6-9,12-14H2,1H3. The predicted molar refractivity (Wildman–Crippen MR) is 90.4 cm³/mol. The molecule has 7 nitrogen and oxygen atoms in total. The summed E-state index contributed by atoms with van der Waals surface area (Å²) in [5, 5.41) is 0. The first-order valence-electron chi connectivity index (χ1n) is 8.42. The second kappa shape index (κ2) is 8.02. The molecule has 1 aliphatic rings. The van der Waals surface area contributed by atoms with Gasteiger partial charge >= 0.3 is 0 Å². The molecule has 0 saturated carbocycles. The topological polar surface area (TPSA) is 70.1 Å². The number of hydrogen-bond acceptors (Lipinski definition) is 5. The number of furan rings is 2. The van der Waals surface area contributed by atoms with Crippen molar-refractivity contribution in [2.24, 2.45) is 0 Å². The van der Waals surface area contributed by atoms with Gasteiger partial charge in [-0.25, -0.2) is 0 Å². The molecule has 0 aliphatic carbocycles. The van der Waals surface area contributed by atoms with Crippen molar-refractivity contribution in [1.29, 1.82) is 0 Å². The number of amides is 2. The third kappa shape index (κ3) is 4.73. The Morgan fingerprint density at radius 2 is 1.48 bits per heavy atom. The third-order valence-electron chi connectivity index (χ3n) is 4.36. The minimum absolute atomic E-state index is 0.0568. The average Bonchev–Trinajstić information content (AvgIpc) is 3.29. The van der Waals surface area contributed by atoms with Crippen LogP contribution in [0.3, 0.4) is 0 Å². The van der Waals surface area contributed by atoms with E-state index in [9.17, 15) is 9.59 Å². The molecule has 0 unspecified atom stereocenters. The molecule has 2 amide bonds. The van der Waals surface area contributed by atoms with Crippen LogP contribution in [0.15, 0.2) is 45.6 Å². The summed E-state index contributed by atoms with van der Waals surface area (Å²) in [5.41, 5.74) is 0. The Balaban J connectivity index is 1.59. The molecule has 0 N–H and O–H groups in total. The number of rotatable bonds is 6. The van der Waals surface area contributed by atoms with E-state index in [0.717, 1.165) is 11.5 Å². The normalized spacial score (nSPS) is 15.0. The maximum absolute atomic E-state index is 12.7. The Bertz CT molecular complexity index is 637. The second-order valence-electron chi connectivity index (χ2n) is 6.19. The molecule has 3 rings (SSSR count). The van der Waals surface area contributed by atoms with Gasteiger partial charge in [-0.3, -0.25) is 14.5 Å².